The number of rotatable bonds is 5. The smallest absolute Gasteiger partial charge is 0.328 e. The Morgan fingerprint density at radius 3 is 3.10 bits per heavy atom. The summed E-state index contributed by atoms with van der Waals surface area (Å²) in [7, 11) is 0. The second-order valence-corrected chi connectivity index (χ2v) is 5.39. The summed E-state index contributed by atoms with van der Waals surface area (Å²) >= 11 is 7.46. The average molecular weight is 328 g/mol. The molecule has 2 rings (SSSR count). The highest BCUT2D eigenvalue weighted by molar-refractivity contribution is 7.15. The maximum Gasteiger partial charge on any atom is 0.328 e. The van der Waals surface area contributed by atoms with E-state index >= 15 is 0 Å². The van der Waals surface area contributed by atoms with Crippen molar-refractivity contribution in [2.45, 2.75) is 19.9 Å². The molecule has 0 saturated heterocycles. The highest BCUT2D eigenvalue weighted by Gasteiger charge is 2.15. The molecule has 0 aliphatic carbocycles. The fourth-order valence-corrected chi connectivity index (χ4v) is 2.67. The first-order chi connectivity index (χ1) is 10.0. The molecule has 8 heteroatoms. The van der Waals surface area contributed by atoms with Crippen LogP contribution in [0, 0.1) is 0 Å². The van der Waals surface area contributed by atoms with Gasteiger partial charge in [-0.3, -0.25) is 9.20 Å². The van der Waals surface area contributed by atoms with E-state index in [0.717, 1.165) is 4.96 Å². The van der Waals surface area contributed by atoms with Crippen LogP contribution < -0.4 is 5.32 Å². The molecule has 0 aliphatic heterocycles. The van der Waals surface area contributed by atoms with Gasteiger partial charge in [-0.2, -0.15) is 0 Å². The molecule has 2 aromatic rings. The van der Waals surface area contributed by atoms with Crippen LogP contribution in [0.1, 0.15) is 19.5 Å². The Morgan fingerprint density at radius 1 is 1.62 bits per heavy atom. The molecule has 1 amide bonds. The predicted octanol–water partition coefficient (Wildman–Crippen LogP) is 2.13. The van der Waals surface area contributed by atoms with Crippen LogP contribution in [0.3, 0.4) is 0 Å². The highest BCUT2D eigenvalue weighted by atomic mass is 35.5. The molecule has 0 bridgehead atoms. The molecule has 1 unspecified atom stereocenters. The second-order valence-electron chi connectivity index (χ2n) is 4.16. The van der Waals surface area contributed by atoms with Crippen LogP contribution in [0.2, 0.25) is 5.15 Å². The van der Waals surface area contributed by atoms with Gasteiger partial charge in [0.15, 0.2) is 10.1 Å². The van der Waals surface area contributed by atoms with E-state index < -0.39 is 17.9 Å². The van der Waals surface area contributed by atoms with Crippen molar-refractivity contribution in [3.05, 3.63) is 28.5 Å². The first-order valence-electron chi connectivity index (χ1n) is 6.29. The van der Waals surface area contributed by atoms with Crippen LogP contribution in [0.5, 0.6) is 0 Å². The highest BCUT2D eigenvalue weighted by Crippen LogP contribution is 2.22. The van der Waals surface area contributed by atoms with Gasteiger partial charge < -0.3 is 10.1 Å². The molecular formula is C13H14ClN3O3S. The Kier molecular flexibility index (Phi) is 4.98. The van der Waals surface area contributed by atoms with E-state index in [-0.39, 0.29) is 6.61 Å². The molecule has 2 heterocycles. The zero-order valence-corrected chi connectivity index (χ0v) is 13.1. The van der Waals surface area contributed by atoms with Gasteiger partial charge in [-0.25, -0.2) is 9.78 Å². The van der Waals surface area contributed by atoms with Crippen LogP contribution in [0.25, 0.3) is 11.0 Å². The Bertz CT molecular complexity index is 692. The molecule has 0 aliphatic rings. The van der Waals surface area contributed by atoms with E-state index in [2.05, 4.69) is 10.3 Å². The summed E-state index contributed by atoms with van der Waals surface area (Å²) in [6.07, 6.45) is 4.68. The molecule has 0 radical (unpaired) electrons. The van der Waals surface area contributed by atoms with Crippen LogP contribution >= 0.6 is 22.9 Å². The fourth-order valence-electron chi connectivity index (χ4n) is 1.67. The summed E-state index contributed by atoms with van der Waals surface area (Å²) in [4.78, 5) is 28.1. The number of thiazole rings is 1. The normalized spacial score (nSPS) is 12.7. The SMILES string of the molecule is CCOC(=O)C(C)NC(=O)C=Cc1c(Cl)nc2sccn12. The summed E-state index contributed by atoms with van der Waals surface area (Å²) in [5, 5.41) is 4.72. The molecule has 0 spiro atoms. The maximum absolute atomic E-state index is 11.8. The van der Waals surface area contributed by atoms with Crippen molar-refractivity contribution in [3.63, 3.8) is 0 Å². The van der Waals surface area contributed by atoms with Gasteiger partial charge in [0.1, 0.15) is 6.04 Å². The first-order valence-corrected chi connectivity index (χ1v) is 7.55. The van der Waals surface area contributed by atoms with Gasteiger partial charge in [-0.15, -0.1) is 11.3 Å². The van der Waals surface area contributed by atoms with E-state index in [4.69, 9.17) is 16.3 Å². The van der Waals surface area contributed by atoms with Gasteiger partial charge in [0.25, 0.3) is 0 Å². The minimum atomic E-state index is -0.704. The third-order valence-electron chi connectivity index (χ3n) is 2.65. The molecule has 1 atom stereocenters. The van der Waals surface area contributed by atoms with Crippen LogP contribution in [0.15, 0.2) is 17.7 Å². The Morgan fingerprint density at radius 2 is 2.38 bits per heavy atom. The lowest BCUT2D eigenvalue weighted by Gasteiger charge is -2.10. The van der Waals surface area contributed by atoms with Crippen molar-refractivity contribution in [2.75, 3.05) is 6.61 Å². The first kappa shape index (κ1) is 15.5. The number of halogens is 1. The summed E-state index contributed by atoms with van der Waals surface area (Å²) in [5.41, 5.74) is 0.617. The zero-order valence-electron chi connectivity index (χ0n) is 11.5. The van der Waals surface area contributed by atoms with Gasteiger partial charge in [-0.1, -0.05) is 11.6 Å². The average Bonchev–Trinajstić information content (AvgIpc) is 2.97. The summed E-state index contributed by atoms with van der Waals surface area (Å²) in [6.45, 7) is 3.54. The molecule has 6 nitrogen and oxygen atoms in total. The van der Waals surface area contributed by atoms with Crippen molar-refractivity contribution in [2.24, 2.45) is 0 Å². The fraction of sp³-hybridized carbons (Fsp3) is 0.308. The van der Waals surface area contributed by atoms with Crippen LogP contribution in [-0.4, -0.2) is 33.9 Å². The summed E-state index contributed by atoms with van der Waals surface area (Å²) in [5.74, 6) is -0.876. The molecule has 0 saturated carbocycles. The van der Waals surface area contributed by atoms with E-state index in [9.17, 15) is 9.59 Å². The number of fused-ring (bicyclic) bond motifs is 1. The molecule has 0 aromatic carbocycles. The number of hydrogen-bond donors (Lipinski definition) is 1. The maximum atomic E-state index is 11.8. The lowest BCUT2D eigenvalue weighted by atomic mass is 10.3. The number of carbonyl (C=O) groups is 2. The molecule has 21 heavy (non-hydrogen) atoms. The number of nitrogens with zero attached hydrogens (tertiary/aromatic N) is 2. The molecule has 112 valence electrons. The Hall–Kier alpha value is -1.86. The Labute approximate surface area is 130 Å². The quantitative estimate of drug-likeness (QED) is 0.674. The van der Waals surface area contributed by atoms with Crippen LogP contribution in [-0.2, 0) is 14.3 Å². The largest absolute Gasteiger partial charge is 0.464 e. The van der Waals surface area contributed by atoms with Gasteiger partial charge in [0.05, 0.1) is 12.3 Å². The van der Waals surface area contributed by atoms with Gasteiger partial charge in [0, 0.05) is 17.7 Å². The number of amides is 1. The standard InChI is InChI=1S/C13H14ClN3O3S/c1-3-20-12(19)8(2)15-10(18)5-4-9-11(14)16-13-17(9)6-7-21-13/h4-8H,3H2,1-2H3,(H,15,18). The van der Waals surface area contributed by atoms with E-state index in [0.29, 0.717) is 10.8 Å². The molecular weight excluding hydrogens is 314 g/mol. The zero-order chi connectivity index (χ0) is 15.4. The van der Waals surface area contributed by atoms with Crippen LogP contribution in [0.4, 0.5) is 0 Å². The number of ether oxygens (including phenoxy) is 1. The van der Waals surface area contributed by atoms with Crippen molar-refractivity contribution in [1.82, 2.24) is 14.7 Å². The van der Waals surface area contributed by atoms with Gasteiger partial charge >= 0.3 is 5.97 Å². The number of carbonyl (C=O) groups excluding carboxylic acids is 2. The number of nitrogens with one attached hydrogen (secondary N) is 1. The lowest BCUT2D eigenvalue weighted by molar-refractivity contribution is -0.146. The number of aromatic nitrogens is 2. The number of esters is 1. The number of hydrogen-bond acceptors (Lipinski definition) is 5. The summed E-state index contributed by atoms with van der Waals surface area (Å²) < 4.78 is 6.59. The monoisotopic (exact) mass is 327 g/mol. The topological polar surface area (TPSA) is 72.7 Å². The van der Waals surface area contributed by atoms with Crippen molar-refractivity contribution in [3.8, 4) is 0 Å². The van der Waals surface area contributed by atoms with Gasteiger partial charge in [0.2, 0.25) is 5.91 Å². The molecule has 1 N–H and O–H groups in total. The molecule has 2 aromatic heterocycles. The second kappa shape index (κ2) is 6.73. The lowest BCUT2D eigenvalue weighted by Crippen LogP contribution is -2.38. The minimum absolute atomic E-state index is 0.274. The van der Waals surface area contributed by atoms with E-state index in [1.54, 1.807) is 24.3 Å². The van der Waals surface area contributed by atoms with Crippen molar-refractivity contribution < 1.29 is 14.3 Å². The third kappa shape index (κ3) is 3.62. The van der Waals surface area contributed by atoms with Crippen molar-refractivity contribution >= 4 is 45.9 Å². The third-order valence-corrected chi connectivity index (χ3v) is 3.68. The number of imidazole rings is 1. The minimum Gasteiger partial charge on any atom is -0.464 e. The van der Waals surface area contributed by atoms with Gasteiger partial charge in [-0.05, 0) is 19.9 Å². The van der Waals surface area contributed by atoms with Crippen molar-refractivity contribution in [1.29, 1.82) is 0 Å². The summed E-state index contributed by atoms with van der Waals surface area (Å²) in [6, 6.07) is -0.704. The van der Waals surface area contributed by atoms with E-state index in [1.807, 2.05) is 11.6 Å². The Balaban J connectivity index is 2.04. The molecule has 0 fully saturated rings. The van der Waals surface area contributed by atoms with E-state index in [1.165, 1.54) is 17.4 Å². The predicted molar refractivity (Wildman–Crippen MR) is 81.4 cm³/mol.